The molecule has 1 aliphatic carbocycles. The maximum Gasteiger partial charge on any atom is 0.340 e. The summed E-state index contributed by atoms with van der Waals surface area (Å²) in [6, 6.07) is 0. The van der Waals surface area contributed by atoms with Gasteiger partial charge in [-0.15, -0.1) is 11.8 Å². The van der Waals surface area contributed by atoms with Crippen molar-refractivity contribution in [2.24, 2.45) is 5.92 Å². The molecule has 2 aliphatic rings. The molecule has 1 aromatic heterocycles. The lowest BCUT2D eigenvalue weighted by molar-refractivity contribution is -0.121. The standard InChI is InChI=1S/C14H17N3O3S/c18-11(7-9-3-1-2-4-9)15-8-10-5-6-12(21-10)16-17-13(19)14(17)20/h1,3,6,9-10,16H,2,4-5,7-8H2,(H,15,18). The molecule has 0 saturated carbocycles. The summed E-state index contributed by atoms with van der Waals surface area (Å²) in [6.07, 6.45) is 9.70. The first-order valence-corrected chi connectivity index (χ1v) is 7.96. The highest BCUT2D eigenvalue weighted by Crippen LogP contribution is 2.30. The van der Waals surface area contributed by atoms with Crippen LogP contribution in [-0.4, -0.2) is 22.4 Å². The Balaban J connectivity index is 1.36. The molecule has 2 unspecified atom stereocenters. The third-order valence-corrected chi connectivity index (χ3v) is 4.91. The lowest BCUT2D eigenvalue weighted by Crippen LogP contribution is -2.30. The summed E-state index contributed by atoms with van der Waals surface area (Å²) in [4.78, 5) is 33.6. The van der Waals surface area contributed by atoms with Crippen LogP contribution in [0.15, 0.2) is 32.8 Å². The lowest BCUT2D eigenvalue weighted by atomic mass is 10.1. The molecule has 1 aliphatic heterocycles. The number of allylic oxidation sites excluding steroid dienone is 3. The van der Waals surface area contributed by atoms with Crippen LogP contribution in [-0.2, 0) is 4.79 Å². The van der Waals surface area contributed by atoms with E-state index in [1.807, 2.05) is 6.08 Å². The maximum atomic E-state index is 11.8. The molecule has 6 nitrogen and oxygen atoms in total. The zero-order chi connectivity index (χ0) is 14.8. The largest absolute Gasteiger partial charge is 0.355 e. The van der Waals surface area contributed by atoms with E-state index in [-0.39, 0.29) is 11.2 Å². The van der Waals surface area contributed by atoms with Gasteiger partial charge in [-0.05, 0) is 25.2 Å². The van der Waals surface area contributed by atoms with E-state index in [9.17, 15) is 14.4 Å². The van der Waals surface area contributed by atoms with Crippen molar-refractivity contribution >= 4 is 17.7 Å². The van der Waals surface area contributed by atoms with Crippen molar-refractivity contribution in [3.05, 3.63) is 44.0 Å². The van der Waals surface area contributed by atoms with Gasteiger partial charge < -0.3 is 5.32 Å². The number of hydrogen-bond donors (Lipinski definition) is 2. The molecule has 0 spiro atoms. The smallest absolute Gasteiger partial charge is 0.340 e. The van der Waals surface area contributed by atoms with E-state index >= 15 is 0 Å². The van der Waals surface area contributed by atoms with Crippen LogP contribution in [0.2, 0.25) is 0 Å². The molecule has 0 saturated heterocycles. The molecule has 1 aromatic rings. The second kappa shape index (κ2) is 5.93. The van der Waals surface area contributed by atoms with Crippen molar-refractivity contribution < 1.29 is 4.79 Å². The average Bonchev–Trinajstić information content (AvgIpc) is 2.93. The van der Waals surface area contributed by atoms with E-state index in [1.165, 1.54) is 0 Å². The molecular weight excluding hydrogens is 290 g/mol. The average molecular weight is 307 g/mol. The van der Waals surface area contributed by atoms with Gasteiger partial charge >= 0.3 is 11.1 Å². The first-order valence-electron chi connectivity index (χ1n) is 7.08. The van der Waals surface area contributed by atoms with E-state index in [4.69, 9.17) is 0 Å². The molecule has 7 heteroatoms. The van der Waals surface area contributed by atoms with Crippen LogP contribution in [0.25, 0.3) is 0 Å². The summed E-state index contributed by atoms with van der Waals surface area (Å²) in [5.74, 6) is 0.473. The third-order valence-electron chi connectivity index (χ3n) is 3.71. The van der Waals surface area contributed by atoms with Crippen molar-refractivity contribution in [3.8, 4) is 0 Å². The lowest BCUT2D eigenvalue weighted by Gasteiger charge is -2.13. The number of carbonyl (C=O) groups is 1. The van der Waals surface area contributed by atoms with Crippen LogP contribution >= 0.6 is 11.8 Å². The Bertz CT molecular complexity index is 644. The van der Waals surface area contributed by atoms with Crippen LogP contribution in [0.3, 0.4) is 0 Å². The summed E-state index contributed by atoms with van der Waals surface area (Å²) in [6.45, 7) is 0.601. The van der Waals surface area contributed by atoms with E-state index in [0.29, 0.717) is 18.9 Å². The molecule has 0 fully saturated rings. The van der Waals surface area contributed by atoms with Gasteiger partial charge in [0.25, 0.3) is 0 Å². The molecule has 1 amide bonds. The number of nitrogens with zero attached hydrogens (tertiary/aromatic N) is 1. The van der Waals surface area contributed by atoms with Gasteiger partial charge in [-0.1, -0.05) is 18.2 Å². The zero-order valence-electron chi connectivity index (χ0n) is 11.5. The van der Waals surface area contributed by atoms with Gasteiger partial charge in [0.1, 0.15) is 0 Å². The first-order chi connectivity index (χ1) is 10.1. The van der Waals surface area contributed by atoms with Crippen LogP contribution in [0.5, 0.6) is 0 Å². The second-order valence-electron chi connectivity index (χ2n) is 5.38. The highest BCUT2D eigenvalue weighted by atomic mass is 32.2. The number of thioether (sulfide) groups is 1. The number of aromatic nitrogens is 1. The SMILES string of the molecule is O=C(CC1C=CCC1)NCC1CC=C(Nn2c(=O)c2=O)S1. The monoisotopic (exact) mass is 307 g/mol. The Labute approximate surface area is 125 Å². The van der Waals surface area contributed by atoms with Crippen molar-refractivity contribution in [2.75, 3.05) is 12.0 Å². The predicted octanol–water partition coefficient (Wildman–Crippen LogP) is 0.447. The Kier molecular flexibility index (Phi) is 4.01. The third kappa shape index (κ3) is 3.47. The summed E-state index contributed by atoms with van der Waals surface area (Å²) in [7, 11) is 0. The van der Waals surface area contributed by atoms with Gasteiger partial charge in [0.15, 0.2) is 0 Å². The summed E-state index contributed by atoms with van der Waals surface area (Å²) >= 11 is 1.54. The highest BCUT2D eigenvalue weighted by molar-refractivity contribution is 8.04. The molecule has 112 valence electrons. The normalized spacial score (nSPS) is 24.5. The van der Waals surface area contributed by atoms with Crippen molar-refractivity contribution in [1.82, 2.24) is 9.99 Å². The van der Waals surface area contributed by atoms with Gasteiger partial charge in [0.2, 0.25) is 5.91 Å². The minimum Gasteiger partial charge on any atom is -0.355 e. The van der Waals surface area contributed by atoms with Crippen molar-refractivity contribution in [1.29, 1.82) is 0 Å². The number of carbonyl (C=O) groups excluding carboxylic acids is 1. The van der Waals surface area contributed by atoms with Crippen LogP contribution in [0, 0.1) is 5.92 Å². The number of nitrogens with one attached hydrogen (secondary N) is 2. The molecule has 2 atom stereocenters. The number of rotatable bonds is 6. The molecule has 2 heterocycles. The Morgan fingerprint density at radius 3 is 2.86 bits per heavy atom. The topological polar surface area (TPSA) is 80.2 Å². The minimum atomic E-state index is -0.502. The zero-order valence-corrected chi connectivity index (χ0v) is 12.3. The molecule has 21 heavy (non-hydrogen) atoms. The minimum absolute atomic E-state index is 0.0878. The van der Waals surface area contributed by atoms with Crippen LogP contribution in [0.1, 0.15) is 25.7 Å². The van der Waals surface area contributed by atoms with Gasteiger partial charge in [-0.2, -0.15) is 4.68 Å². The Hall–Kier alpha value is -1.76. The molecule has 0 bridgehead atoms. The fourth-order valence-corrected chi connectivity index (χ4v) is 3.52. The van der Waals surface area contributed by atoms with E-state index < -0.39 is 11.1 Å². The van der Waals surface area contributed by atoms with Gasteiger partial charge in [-0.25, -0.2) is 0 Å². The quantitative estimate of drug-likeness (QED) is 0.589. The molecule has 2 N–H and O–H groups in total. The van der Waals surface area contributed by atoms with Crippen molar-refractivity contribution in [2.45, 2.75) is 30.9 Å². The van der Waals surface area contributed by atoms with Gasteiger partial charge in [0.05, 0.1) is 5.03 Å². The molecule has 0 radical (unpaired) electrons. The van der Waals surface area contributed by atoms with Gasteiger partial charge in [0, 0.05) is 18.2 Å². The second-order valence-corrected chi connectivity index (χ2v) is 6.72. The maximum absolute atomic E-state index is 11.8. The van der Waals surface area contributed by atoms with Gasteiger partial charge in [-0.3, -0.25) is 19.8 Å². The molecule has 0 aromatic carbocycles. The first kappa shape index (κ1) is 14.2. The molecular formula is C14H17N3O3S. The van der Waals surface area contributed by atoms with E-state index in [1.54, 1.807) is 11.8 Å². The van der Waals surface area contributed by atoms with Crippen molar-refractivity contribution in [3.63, 3.8) is 0 Å². The fraction of sp³-hybridized carbons (Fsp3) is 0.500. The van der Waals surface area contributed by atoms with E-state index in [2.05, 4.69) is 22.9 Å². The fourth-order valence-electron chi connectivity index (χ4n) is 2.46. The Morgan fingerprint density at radius 2 is 2.19 bits per heavy atom. The molecule has 3 rings (SSSR count). The number of amides is 1. The number of hydrogen-bond acceptors (Lipinski definition) is 5. The Morgan fingerprint density at radius 1 is 1.38 bits per heavy atom. The van der Waals surface area contributed by atoms with E-state index in [0.717, 1.165) is 29.0 Å². The summed E-state index contributed by atoms with van der Waals surface area (Å²) in [5.41, 5.74) is 1.76. The van der Waals surface area contributed by atoms with Crippen LogP contribution < -0.4 is 21.9 Å². The summed E-state index contributed by atoms with van der Waals surface area (Å²) < 4.78 is 0.992. The predicted molar refractivity (Wildman–Crippen MR) is 82.3 cm³/mol. The van der Waals surface area contributed by atoms with Crippen LogP contribution in [0.4, 0.5) is 0 Å². The highest BCUT2D eigenvalue weighted by Gasteiger charge is 2.23. The summed E-state index contributed by atoms with van der Waals surface area (Å²) in [5, 5.41) is 4.01.